The fourth-order valence-electron chi connectivity index (χ4n) is 1.86. The fourth-order valence-corrected chi connectivity index (χ4v) is 1.86. The van der Waals surface area contributed by atoms with Gasteiger partial charge in [0.1, 0.15) is 0 Å². The van der Waals surface area contributed by atoms with Crippen molar-refractivity contribution in [1.82, 2.24) is 0 Å². The molecule has 0 spiro atoms. The molecule has 2 aromatic carbocycles. The van der Waals surface area contributed by atoms with Crippen LogP contribution in [0.2, 0.25) is 0 Å². The van der Waals surface area contributed by atoms with E-state index >= 15 is 0 Å². The predicted octanol–water partition coefficient (Wildman–Crippen LogP) is 3.78. The average Bonchev–Trinajstić information content (AvgIpc) is 2.52. The summed E-state index contributed by atoms with van der Waals surface area (Å²) < 4.78 is 10.4. The number of ether oxygens (including phenoxy) is 2. The summed E-state index contributed by atoms with van der Waals surface area (Å²) in [5.74, 6) is 1.33. The lowest BCUT2D eigenvalue weighted by atomic mass is 10.1. The van der Waals surface area contributed by atoms with Gasteiger partial charge in [0, 0.05) is 12.1 Å². The van der Waals surface area contributed by atoms with Crippen molar-refractivity contribution >= 4 is 17.8 Å². The highest BCUT2D eigenvalue weighted by atomic mass is 16.6. The Kier molecular flexibility index (Phi) is 4.56. The van der Waals surface area contributed by atoms with Gasteiger partial charge in [-0.1, -0.05) is 18.2 Å². The topological polar surface area (TPSA) is 61.6 Å². The highest BCUT2D eigenvalue weighted by Gasteiger charge is 2.04. The van der Waals surface area contributed by atoms with E-state index in [1.165, 1.54) is 12.1 Å². The van der Waals surface area contributed by atoms with E-state index in [4.69, 9.17) is 9.47 Å². The molecule has 0 unspecified atom stereocenters. The largest absolute Gasteiger partial charge is 0.493 e. The van der Waals surface area contributed by atoms with Gasteiger partial charge in [0.2, 0.25) is 0 Å². The number of methoxy groups -OCH3 is 2. The van der Waals surface area contributed by atoms with E-state index in [1.54, 1.807) is 26.4 Å². The third-order valence-electron chi connectivity index (χ3n) is 2.98. The molecule has 2 rings (SSSR count). The van der Waals surface area contributed by atoms with Crippen LogP contribution in [0.25, 0.3) is 12.2 Å². The van der Waals surface area contributed by atoms with E-state index in [-0.39, 0.29) is 5.69 Å². The summed E-state index contributed by atoms with van der Waals surface area (Å²) in [5.41, 5.74) is 1.92. The Bertz CT molecular complexity index is 662. The lowest BCUT2D eigenvalue weighted by molar-refractivity contribution is -0.384. The quantitative estimate of drug-likeness (QED) is 0.476. The second-order valence-corrected chi connectivity index (χ2v) is 4.30. The van der Waals surface area contributed by atoms with E-state index < -0.39 is 4.92 Å². The maximum atomic E-state index is 10.6. The number of non-ortho nitro benzene ring substituents is 1. The van der Waals surface area contributed by atoms with E-state index in [9.17, 15) is 10.1 Å². The Morgan fingerprint density at radius 3 is 2.05 bits per heavy atom. The summed E-state index contributed by atoms with van der Waals surface area (Å²) in [6.07, 6.45) is 3.79. The summed E-state index contributed by atoms with van der Waals surface area (Å²) in [7, 11) is 3.17. The molecule has 0 aromatic heterocycles. The monoisotopic (exact) mass is 285 g/mol. The molecule has 0 saturated carbocycles. The molecule has 0 atom stereocenters. The highest BCUT2D eigenvalue weighted by molar-refractivity contribution is 5.71. The van der Waals surface area contributed by atoms with Crippen LogP contribution in [0, 0.1) is 10.1 Å². The molecule has 0 aliphatic carbocycles. The Hall–Kier alpha value is -2.82. The maximum Gasteiger partial charge on any atom is 0.269 e. The molecule has 0 aliphatic heterocycles. The number of nitro groups is 1. The van der Waals surface area contributed by atoms with Crippen molar-refractivity contribution in [3.63, 3.8) is 0 Å². The van der Waals surface area contributed by atoms with Gasteiger partial charge in [0.15, 0.2) is 11.5 Å². The number of nitro benzene ring substituents is 1. The SMILES string of the molecule is COc1ccc(/C=C/c2ccc([N+](=O)[O-])cc2)cc1OC. The van der Waals surface area contributed by atoms with Crippen LogP contribution in [0.4, 0.5) is 5.69 Å². The van der Waals surface area contributed by atoms with Crippen molar-refractivity contribution in [3.05, 3.63) is 63.7 Å². The van der Waals surface area contributed by atoms with Gasteiger partial charge in [-0.25, -0.2) is 0 Å². The first-order valence-electron chi connectivity index (χ1n) is 6.28. The van der Waals surface area contributed by atoms with Crippen molar-refractivity contribution in [3.8, 4) is 11.5 Å². The average molecular weight is 285 g/mol. The Morgan fingerprint density at radius 1 is 0.905 bits per heavy atom. The smallest absolute Gasteiger partial charge is 0.269 e. The molecule has 0 amide bonds. The molecule has 2 aromatic rings. The molecule has 0 radical (unpaired) electrons. The van der Waals surface area contributed by atoms with Crippen molar-refractivity contribution in [2.75, 3.05) is 14.2 Å². The minimum Gasteiger partial charge on any atom is -0.493 e. The van der Waals surface area contributed by atoms with Crippen molar-refractivity contribution < 1.29 is 14.4 Å². The van der Waals surface area contributed by atoms with Gasteiger partial charge in [-0.3, -0.25) is 10.1 Å². The molecule has 108 valence electrons. The standard InChI is InChI=1S/C16H15NO4/c1-20-15-10-7-13(11-16(15)21-2)4-3-12-5-8-14(9-6-12)17(18)19/h3-11H,1-2H3/b4-3+. The lowest BCUT2D eigenvalue weighted by Gasteiger charge is -2.07. The van der Waals surface area contributed by atoms with E-state index in [0.29, 0.717) is 11.5 Å². The van der Waals surface area contributed by atoms with Crippen LogP contribution in [0.5, 0.6) is 11.5 Å². The third kappa shape index (κ3) is 3.60. The van der Waals surface area contributed by atoms with Crippen LogP contribution in [0.15, 0.2) is 42.5 Å². The molecule has 5 nitrogen and oxygen atoms in total. The molecular weight excluding hydrogens is 270 g/mol. The normalized spacial score (nSPS) is 10.6. The fraction of sp³-hybridized carbons (Fsp3) is 0.125. The van der Waals surface area contributed by atoms with Crippen molar-refractivity contribution in [1.29, 1.82) is 0 Å². The van der Waals surface area contributed by atoms with Crippen LogP contribution in [0.3, 0.4) is 0 Å². The first-order valence-corrected chi connectivity index (χ1v) is 6.28. The van der Waals surface area contributed by atoms with E-state index in [2.05, 4.69) is 0 Å². The van der Waals surface area contributed by atoms with Gasteiger partial charge in [-0.05, 0) is 35.4 Å². The molecule has 0 heterocycles. The summed E-state index contributed by atoms with van der Waals surface area (Å²) in [5, 5.41) is 10.6. The Morgan fingerprint density at radius 2 is 1.48 bits per heavy atom. The van der Waals surface area contributed by atoms with Crippen LogP contribution in [0.1, 0.15) is 11.1 Å². The molecule has 0 fully saturated rings. The summed E-state index contributed by atoms with van der Waals surface area (Å²) in [6, 6.07) is 12.0. The number of hydrogen-bond donors (Lipinski definition) is 0. The number of benzene rings is 2. The van der Waals surface area contributed by atoms with Gasteiger partial charge >= 0.3 is 0 Å². The summed E-state index contributed by atoms with van der Waals surface area (Å²) in [6.45, 7) is 0. The van der Waals surface area contributed by atoms with Crippen LogP contribution < -0.4 is 9.47 Å². The molecule has 0 N–H and O–H groups in total. The van der Waals surface area contributed by atoms with Crippen LogP contribution >= 0.6 is 0 Å². The summed E-state index contributed by atoms with van der Waals surface area (Å²) in [4.78, 5) is 10.2. The van der Waals surface area contributed by atoms with Crippen molar-refractivity contribution in [2.45, 2.75) is 0 Å². The number of rotatable bonds is 5. The molecule has 0 bridgehead atoms. The van der Waals surface area contributed by atoms with Crippen molar-refractivity contribution in [2.24, 2.45) is 0 Å². The number of hydrogen-bond acceptors (Lipinski definition) is 4. The lowest BCUT2D eigenvalue weighted by Crippen LogP contribution is -1.90. The number of nitrogens with zero attached hydrogens (tertiary/aromatic N) is 1. The van der Waals surface area contributed by atoms with Gasteiger partial charge in [-0.15, -0.1) is 0 Å². The molecule has 0 aliphatic rings. The second-order valence-electron chi connectivity index (χ2n) is 4.30. The predicted molar refractivity (Wildman–Crippen MR) is 81.6 cm³/mol. The minimum atomic E-state index is -0.415. The van der Waals surface area contributed by atoms with Gasteiger partial charge in [-0.2, -0.15) is 0 Å². The highest BCUT2D eigenvalue weighted by Crippen LogP contribution is 2.28. The summed E-state index contributed by atoms with van der Waals surface area (Å²) >= 11 is 0. The molecular formula is C16H15NO4. The molecule has 5 heteroatoms. The van der Waals surface area contributed by atoms with Gasteiger partial charge in [0.05, 0.1) is 19.1 Å². The minimum absolute atomic E-state index is 0.0817. The zero-order valence-corrected chi connectivity index (χ0v) is 11.8. The zero-order chi connectivity index (χ0) is 15.2. The van der Waals surface area contributed by atoms with Crippen LogP contribution in [-0.4, -0.2) is 19.1 Å². The maximum absolute atomic E-state index is 10.6. The van der Waals surface area contributed by atoms with E-state index in [1.807, 2.05) is 30.4 Å². The van der Waals surface area contributed by atoms with Gasteiger partial charge < -0.3 is 9.47 Å². The van der Waals surface area contributed by atoms with Crippen LogP contribution in [-0.2, 0) is 0 Å². The van der Waals surface area contributed by atoms with E-state index in [0.717, 1.165) is 11.1 Å². The zero-order valence-electron chi connectivity index (χ0n) is 11.8. The first kappa shape index (κ1) is 14.6. The first-order chi connectivity index (χ1) is 10.1. The Labute approximate surface area is 122 Å². The van der Waals surface area contributed by atoms with Gasteiger partial charge in [0.25, 0.3) is 5.69 Å². The Balaban J connectivity index is 2.18. The second kappa shape index (κ2) is 6.56. The molecule has 0 saturated heterocycles. The molecule has 21 heavy (non-hydrogen) atoms. The third-order valence-corrected chi connectivity index (χ3v) is 2.98.